The first-order chi connectivity index (χ1) is 14.2. The number of para-hydroxylation sites is 1. The van der Waals surface area contributed by atoms with Gasteiger partial charge in [0.05, 0.1) is 17.6 Å². The lowest BCUT2D eigenvalue weighted by molar-refractivity contribution is 0.512. The molecule has 30 heavy (non-hydrogen) atoms. The van der Waals surface area contributed by atoms with Crippen molar-refractivity contribution < 1.29 is 4.42 Å². The molecule has 2 heterocycles. The Balaban J connectivity index is 0.00000320. The largest absolute Gasteiger partial charge is 0.467 e. The lowest BCUT2D eigenvalue weighted by Crippen LogP contribution is -2.37. The fourth-order valence-corrected chi connectivity index (χ4v) is 2.91. The number of nitriles is 1. The molecule has 0 atom stereocenters. The Morgan fingerprint density at radius 1 is 1.23 bits per heavy atom. The quantitative estimate of drug-likeness (QED) is 0.182. The molecule has 3 aromatic rings. The molecule has 8 nitrogen and oxygen atoms in total. The number of aromatic nitrogens is 2. The molecular weight excluding hydrogens is 493 g/mol. The van der Waals surface area contributed by atoms with Crippen LogP contribution >= 0.6 is 24.0 Å². The van der Waals surface area contributed by atoms with Crippen molar-refractivity contribution in [3.63, 3.8) is 0 Å². The van der Waals surface area contributed by atoms with E-state index in [1.54, 1.807) is 10.9 Å². The Morgan fingerprint density at radius 2 is 2.03 bits per heavy atom. The van der Waals surface area contributed by atoms with Crippen molar-refractivity contribution in [3.05, 3.63) is 65.7 Å². The third-order valence-corrected chi connectivity index (χ3v) is 4.31. The molecule has 0 aliphatic carbocycles. The van der Waals surface area contributed by atoms with Gasteiger partial charge in [-0.05, 0) is 44.0 Å². The van der Waals surface area contributed by atoms with Gasteiger partial charge in [0.25, 0.3) is 0 Å². The summed E-state index contributed by atoms with van der Waals surface area (Å²) in [4.78, 5) is 4.50. The SMILES string of the molecule is CCNC(=NCc1ccco1)NCCCc1nn(-c2ccccc2)c(N)c1C#N.I. The second-order valence-electron chi connectivity index (χ2n) is 6.37. The van der Waals surface area contributed by atoms with E-state index in [0.717, 1.165) is 30.4 Å². The average molecular weight is 519 g/mol. The molecule has 0 unspecified atom stereocenters. The Kier molecular flexibility index (Phi) is 9.21. The summed E-state index contributed by atoms with van der Waals surface area (Å²) in [6.07, 6.45) is 3.06. The minimum absolute atomic E-state index is 0. The molecular formula is C21H26IN7O. The number of aryl methyl sites for hydroxylation is 1. The summed E-state index contributed by atoms with van der Waals surface area (Å²) >= 11 is 0. The number of hydrogen-bond acceptors (Lipinski definition) is 5. The summed E-state index contributed by atoms with van der Waals surface area (Å²) in [6.45, 7) is 3.94. The zero-order valence-corrected chi connectivity index (χ0v) is 19.2. The van der Waals surface area contributed by atoms with Gasteiger partial charge in [-0.1, -0.05) is 18.2 Å². The molecule has 2 aromatic heterocycles. The fourth-order valence-electron chi connectivity index (χ4n) is 2.91. The third-order valence-electron chi connectivity index (χ3n) is 4.31. The first kappa shape index (κ1) is 23.3. The van der Waals surface area contributed by atoms with Gasteiger partial charge in [0.2, 0.25) is 0 Å². The lowest BCUT2D eigenvalue weighted by atomic mass is 10.1. The average Bonchev–Trinajstić information content (AvgIpc) is 3.37. The van der Waals surface area contributed by atoms with E-state index < -0.39 is 0 Å². The molecule has 3 rings (SSSR count). The van der Waals surface area contributed by atoms with E-state index in [4.69, 9.17) is 10.2 Å². The van der Waals surface area contributed by atoms with Gasteiger partial charge in [-0.25, -0.2) is 9.67 Å². The van der Waals surface area contributed by atoms with Crippen LogP contribution in [0.5, 0.6) is 0 Å². The van der Waals surface area contributed by atoms with Gasteiger partial charge < -0.3 is 20.8 Å². The zero-order valence-electron chi connectivity index (χ0n) is 16.8. The van der Waals surface area contributed by atoms with E-state index in [-0.39, 0.29) is 24.0 Å². The standard InChI is InChI=1S/C21H25N7O.HI/c1-2-24-21(26-15-17-10-7-13-29-17)25-12-6-11-19-18(14-22)20(23)28(27-19)16-8-4-3-5-9-16;/h3-5,7-10,13H,2,6,11-12,15,23H2,1H3,(H2,24,25,26);1H. The number of guanidine groups is 1. The zero-order chi connectivity index (χ0) is 20.5. The van der Waals surface area contributed by atoms with E-state index >= 15 is 0 Å². The highest BCUT2D eigenvalue weighted by molar-refractivity contribution is 14.0. The summed E-state index contributed by atoms with van der Waals surface area (Å²) in [5.41, 5.74) is 8.13. The Morgan fingerprint density at radius 3 is 2.70 bits per heavy atom. The van der Waals surface area contributed by atoms with Crippen molar-refractivity contribution in [2.45, 2.75) is 26.3 Å². The molecule has 0 bridgehead atoms. The van der Waals surface area contributed by atoms with Crippen molar-refractivity contribution in [3.8, 4) is 11.8 Å². The van der Waals surface area contributed by atoms with Crippen LogP contribution < -0.4 is 16.4 Å². The number of nitrogens with zero attached hydrogens (tertiary/aromatic N) is 4. The maximum absolute atomic E-state index is 9.50. The molecule has 0 amide bonds. The van der Waals surface area contributed by atoms with Crippen LogP contribution in [-0.2, 0) is 13.0 Å². The normalized spacial score (nSPS) is 10.9. The number of rotatable bonds is 8. The number of nitrogen functional groups attached to an aromatic ring is 1. The number of anilines is 1. The Labute approximate surface area is 193 Å². The molecule has 4 N–H and O–H groups in total. The molecule has 158 valence electrons. The van der Waals surface area contributed by atoms with Crippen molar-refractivity contribution >= 4 is 35.8 Å². The minimum Gasteiger partial charge on any atom is -0.467 e. The van der Waals surface area contributed by atoms with E-state index in [2.05, 4.69) is 26.8 Å². The van der Waals surface area contributed by atoms with E-state index in [9.17, 15) is 5.26 Å². The predicted molar refractivity (Wildman–Crippen MR) is 128 cm³/mol. The van der Waals surface area contributed by atoms with Crippen LogP contribution in [0.3, 0.4) is 0 Å². The highest BCUT2D eigenvalue weighted by Gasteiger charge is 2.16. The molecule has 0 spiro atoms. The summed E-state index contributed by atoms with van der Waals surface area (Å²) in [5, 5.41) is 20.6. The van der Waals surface area contributed by atoms with E-state index in [1.807, 2.05) is 49.4 Å². The number of aliphatic imine (C=N–C) groups is 1. The maximum Gasteiger partial charge on any atom is 0.191 e. The van der Waals surface area contributed by atoms with Crippen molar-refractivity contribution in [2.24, 2.45) is 4.99 Å². The molecule has 0 aliphatic rings. The van der Waals surface area contributed by atoms with E-state index in [1.165, 1.54) is 0 Å². The highest BCUT2D eigenvalue weighted by atomic mass is 127. The van der Waals surface area contributed by atoms with Gasteiger partial charge in [0, 0.05) is 13.1 Å². The molecule has 1 aromatic carbocycles. The van der Waals surface area contributed by atoms with Gasteiger partial charge in [0.1, 0.15) is 29.8 Å². The third kappa shape index (κ3) is 6.00. The van der Waals surface area contributed by atoms with Gasteiger partial charge in [-0.15, -0.1) is 24.0 Å². The number of nitrogens with two attached hydrogens (primary N) is 1. The summed E-state index contributed by atoms with van der Waals surface area (Å²) in [7, 11) is 0. The highest BCUT2D eigenvalue weighted by Crippen LogP contribution is 2.21. The molecule has 0 fully saturated rings. The number of furan rings is 1. The van der Waals surface area contributed by atoms with Crippen molar-refractivity contribution in [1.29, 1.82) is 5.26 Å². The summed E-state index contributed by atoms with van der Waals surface area (Å²) < 4.78 is 6.93. The molecule has 0 aliphatic heterocycles. The maximum atomic E-state index is 9.50. The second kappa shape index (κ2) is 11.9. The lowest BCUT2D eigenvalue weighted by Gasteiger charge is -2.10. The number of hydrogen-bond donors (Lipinski definition) is 3. The van der Waals surface area contributed by atoms with Gasteiger partial charge in [-0.3, -0.25) is 0 Å². The topological polar surface area (TPSA) is 117 Å². The predicted octanol–water partition coefficient (Wildman–Crippen LogP) is 3.23. The van der Waals surface area contributed by atoms with Crippen LogP contribution in [0.15, 0.2) is 58.1 Å². The van der Waals surface area contributed by atoms with E-state index in [0.29, 0.717) is 36.6 Å². The first-order valence-electron chi connectivity index (χ1n) is 9.60. The summed E-state index contributed by atoms with van der Waals surface area (Å²) in [5.74, 6) is 1.90. The number of halogens is 1. The molecule has 0 saturated carbocycles. The van der Waals surface area contributed by atoms with Crippen LogP contribution in [0.2, 0.25) is 0 Å². The van der Waals surface area contributed by atoms with Crippen molar-refractivity contribution in [2.75, 3.05) is 18.8 Å². The summed E-state index contributed by atoms with van der Waals surface area (Å²) in [6, 6.07) is 15.5. The molecule has 0 saturated heterocycles. The molecule has 9 heteroatoms. The Bertz CT molecular complexity index is 975. The molecule has 0 radical (unpaired) electrons. The Hall–Kier alpha value is -3.00. The van der Waals surface area contributed by atoms with Crippen LogP contribution in [-0.4, -0.2) is 28.8 Å². The fraction of sp³-hybridized carbons (Fsp3) is 0.286. The van der Waals surface area contributed by atoms with Crippen LogP contribution in [0.25, 0.3) is 5.69 Å². The van der Waals surface area contributed by atoms with Crippen LogP contribution in [0.1, 0.15) is 30.4 Å². The number of benzene rings is 1. The van der Waals surface area contributed by atoms with Crippen molar-refractivity contribution in [1.82, 2.24) is 20.4 Å². The second-order valence-corrected chi connectivity index (χ2v) is 6.37. The van der Waals surface area contributed by atoms with Crippen LogP contribution in [0, 0.1) is 11.3 Å². The van der Waals surface area contributed by atoms with Crippen LogP contribution in [0.4, 0.5) is 5.82 Å². The monoisotopic (exact) mass is 519 g/mol. The number of nitrogens with one attached hydrogen (secondary N) is 2. The smallest absolute Gasteiger partial charge is 0.191 e. The van der Waals surface area contributed by atoms with Gasteiger partial charge in [0.15, 0.2) is 5.96 Å². The first-order valence-corrected chi connectivity index (χ1v) is 9.60. The minimum atomic E-state index is 0. The van der Waals surface area contributed by atoms with Gasteiger partial charge >= 0.3 is 0 Å². The van der Waals surface area contributed by atoms with Gasteiger partial charge in [-0.2, -0.15) is 10.4 Å².